The molecule has 264 valence electrons. The molecule has 2 aliphatic rings. The average molecular weight is 716 g/mol. The summed E-state index contributed by atoms with van der Waals surface area (Å²) in [6.45, 7) is 5.01. The number of amides is 2. The fraction of sp³-hybridized carbons (Fsp3) is 0.406. The van der Waals surface area contributed by atoms with Crippen LogP contribution in [-0.2, 0) is 28.7 Å². The molecule has 18 heteroatoms. The fourth-order valence-electron chi connectivity index (χ4n) is 6.04. The number of fused-ring (bicyclic) bond motifs is 1. The van der Waals surface area contributed by atoms with Gasteiger partial charge in [0, 0.05) is 52.1 Å². The minimum Gasteiger partial charge on any atom is -0.504 e. The van der Waals surface area contributed by atoms with E-state index in [4.69, 9.17) is 16.3 Å². The number of nitrogens with one attached hydrogen (secondary N) is 1. The Hall–Kier alpha value is -5.03. The van der Waals surface area contributed by atoms with Gasteiger partial charge in [0.25, 0.3) is 5.91 Å². The Labute approximate surface area is 288 Å². The number of hydrogen-bond donors (Lipinski definition) is 2. The van der Waals surface area contributed by atoms with E-state index >= 15 is 0 Å². The second-order valence-electron chi connectivity index (χ2n) is 11.9. The number of aromatic hydroxyl groups is 1. The summed E-state index contributed by atoms with van der Waals surface area (Å²) in [5.41, 5.74) is -0.274. The average Bonchev–Trinajstić information content (AvgIpc) is 3.07. The molecule has 0 atom stereocenters. The molecule has 2 fully saturated rings. The van der Waals surface area contributed by atoms with Gasteiger partial charge in [-0.15, -0.1) is 0 Å². The van der Waals surface area contributed by atoms with Crippen molar-refractivity contribution in [2.24, 2.45) is 0 Å². The topological polar surface area (TPSA) is 159 Å². The summed E-state index contributed by atoms with van der Waals surface area (Å²) in [7, 11) is 1.61. The summed E-state index contributed by atoms with van der Waals surface area (Å²) in [5, 5.41) is 12.6. The van der Waals surface area contributed by atoms with Gasteiger partial charge in [0.05, 0.1) is 34.3 Å². The van der Waals surface area contributed by atoms with Crippen molar-refractivity contribution >= 4 is 51.8 Å². The largest absolute Gasteiger partial charge is 0.504 e. The Balaban J connectivity index is 1.34. The van der Waals surface area contributed by atoms with E-state index in [0.29, 0.717) is 31.0 Å². The van der Waals surface area contributed by atoms with Crippen LogP contribution in [0.25, 0.3) is 11.2 Å². The van der Waals surface area contributed by atoms with Gasteiger partial charge >= 0.3 is 6.18 Å². The maximum Gasteiger partial charge on any atom is 0.416 e. The number of ether oxygens (including phenoxy) is 1. The van der Waals surface area contributed by atoms with Gasteiger partial charge < -0.3 is 34.4 Å². The van der Waals surface area contributed by atoms with E-state index in [0.717, 1.165) is 18.2 Å². The van der Waals surface area contributed by atoms with Crippen LogP contribution in [0.15, 0.2) is 35.5 Å². The molecule has 5 heterocycles. The molecule has 50 heavy (non-hydrogen) atoms. The zero-order chi connectivity index (χ0) is 35.9. The highest BCUT2D eigenvalue weighted by Crippen LogP contribution is 2.34. The van der Waals surface area contributed by atoms with Gasteiger partial charge in [0.2, 0.25) is 11.3 Å². The number of piperazine rings is 1. The Morgan fingerprint density at radius 1 is 1.10 bits per heavy atom. The zero-order valence-electron chi connectivity index (χ0n) is 27.3. The third kappa shape index (κ3) is 6.61. The summed E-state index contributed by atoms with van der Waals surface area (Å²) < 4.78 is 46.5. The number of methoxy groups -OCH3 is 1. The number of hydrogen-bond acceptors (Lipinski definition) is 11. The van der Waals surface area contributed by atoms with Crippen LogP contribution in [0.4, 0.5) is 30.4 Å². The van der Waals surface area contributed by atoms with Crippen LogP contribution in [-0.4, -0.2) is 98.8 Å². The molecule has 3 aromatic heterocycles. The lowest BCUT2D eigenvalue weighted by atomic mass is 10.1. The molecule has 0 saturated carbocycles. The van der Waals surface area contributed by atoms with Gasteiger partial charge in [-0.3, -0.25) is 14.4 Å². The zero-order valence-corrected chi connectivity index (χ0v) is 28.0. The number of pyridine rings is 1. The number of aryl methyl sites for hydroxylation is 1. The summed E-state index contributed by atoms with van der Waals surface area (Å²) in [6.07, 6.45) is -1.58. The van der Waals surface area contributed by atoms with Crippen molar-refractivity contribution < 1.29 is 32.6 Å². The molecule has 2 amide bonds. The molecule has 2 saturated heterocycles. The lowest BCUT2D eigenvalue weighted by Crippen LogP contribution is -2.52. The number of carbonyl (C=O) groups excluding carboxylic acids is 2. The monoisotopic (exact) mass is 715 g/mol. The van der Waals surface area contributed by atoms with E-state index < -0.39 is 29.0 Å². The van der Waals surface area contributed by atoms with Crippen molar-refractivity contribution in [3.05, 3.63) is 68.6 Å². The van der Waals surface area contributed by atoms with Gasteiger partial charge in [-0.2, -0.15) is 13.2 Å². The molecular weight excluding hydrogens is 683 g/mol. The van der Waals surface area contributed by atoms with Crippen LogP contribution >= 0.6 is 11.6 Å². The predicted molar refractivity (Wildman–Crippen MR) is 178 cm³/mol. The van der Waals surface area contributed by atoms with Gasteiger partial charge in [-0.05, 0) is 31.5 Å². The highest BCUT2D eigenvalue weighted by molar-refractivity contribution is 6.33. The number of rotatable bonds is 8. The highest BCUT2D eigenvalue weighted by atomic mass is 35.5. The molecular formula is C32H33ClF3N9O5. The molecule has 14 nitrogen and oxygen atoms in total. The van der Waals surface area contributed by atoms with Gasteiger partial charge in [-0.1, -0.05) is 18.5 Å². The lowest BCUT2D eigenvalue weighted by Gasteiger charge is -2.39. The van der Waals surface area contributed by atoms with Crippen molar-refractivity contribution in [3.8, 4) is 5.75 Å². The van der Waals surface area contributed by atoms with E-state index in [2.05, 4.69) is 25.3 Å². The minimum atomic E-state index is -4.61. The van der Waals surface area contributed by atoms with E-state index in [1.807, 2.05) is 16.7 Å². The van der Waals surface area contributed by atoms with Crippen LogP contribution < -0.4 is 20.5 Å². The molecule has 0 spiro atoms. The van der Waals surface area contributed by atoms with Crippen LogP contribution in [0.5, 0.6) is 5.75 Å². The first-order valence-corrected chi connectivity index (χ1v) is 16.1. The highest BCUT2D eigenvalue weighted by Gasteiger charge is 2.33. The number of alkyl halides is 3. The van der Waals surface area contributed by atoms with Crippen molar-refractivity contribution in [1.29, 1.82) is 0 Å². The third-order valence-electron chi connectivity index (χ3n) is 8.83. The fourth-order valence-corrected chi connectivity index (χ4v) is 6.26. The summed E-state index contributed by atoms with van der Waals surface area (Å²) in [4.78, 5) is 63.3. The molecule has 0 radical (unpaired) electrons. The number of halogens is 4. The second kappa shape index (κ2) is 13.7. The van der Waals surface area contributed by atoms with Crippen molar-refractivity contribution in [3.63, 3.8) is 0 Å². The van der Waals surface area contributed by atoms with Gasteiger partial charge in [-0.25, -0.2) is 19.9 Å². The van der Waals surface area contributed by atoms with E-state index in [-0.39, 0.29) is 83.5 Å². The van der Waals surface area contributed by atoms with Crippen molar-refractivity contribution in [2.45, 2.75) is 39.1 Å². The standard InChI is InChI=1S/C32H33ClF3N9O5/c1-4-22-27(42-7-9-43(10-8-42)31(49)26-28(47)17(2)38-16-39-26)29(48)25-30(37-12-23(41-25)44-13-19(14-44)50-3)45(22)15-24(46)40-21-6-5-18(11-20(21)33)32(34,35)36/h5-6,11-12,16,19,47H,4,7-10,13-15H2,1-3H3,(H,40,46). The first-order chi connectivity index (χ1) is 23.8. The maximum absolute atomic E-state index is 14.3. The van der Waals surface area contributed by atoms with E-state index in [1.165, 1.54) is 17.4 Å². The smallest absolute Gasteiger partial charge is 0.416 e. The Kier molecular flexibility index (Phi) is 9.54. The van der Waals surface area contributed by atoms with E-state index in [9.17, 15) is 32.7 Å². The maximum atomic E-state index is 14.3. The molecule has 2 N–H and O–H groups in total. The summed E-state index contributed by atoms with van der Waals surface area (Å²) >= 11 is 6.11. The number of aromatic nitrogens is 5. The number of nitrogens with zero attached hydrogens (tertiary/aromatic N) is 8. The van der Waals surface area contributed by atoms with Crippen molar-refractivity contribution in [1.82, 2.24) is 29.4 Å². The minimum absolute atomic E-state index is 0.00934. The van der Waals surface area contributed by atoms with Crippen LogP contribution in [0.2, 0.25) is 5.02 Å². The molecule has 2 aliphatic heterocycles. The van der Waals surface area contributed by atoms with Gasteiger partial charge in [0.15, 0.2) is 22.6 Å². The number of anilines is 3. The summed E-state index contributed by atoms with van der Waals surface area (Å²) in [6, 6.07) is 2.63. The van der Waals surface area contributed by atoms with Crippen LogP contribution in [0.3, 0.4) is 0 Å². The lowest BCUT2D eigenvalue weighted by molar-refractivity contribution is -0.137. The normalized spacial score (nSPS) is 15.4. The van der Waals surface area contributed by atoms with Crippen LogP contribution in [0.1, 0.15) is 34.4 Å². The molecule has 0 unspecified atom stereocenters. The molecule has 0 aliphatic carbocycles. The first-order valence-electron chi connectivity index (χ1n) is 15.7. The molecule has 0 bridgehead atoms. The SMILES string of the molecule is CCc1c(N2CCN(C(=O)c3ncnc(C)c3O)CC2)c(=O)c2nc(N3CC(OC)C3)cnc2n1CC(=O)Nc1ccc(C(F)(F)F)cc1Cl. The third-order valence-corrected chi connectivity index (χ3v) is 9.14. The Bertz CT molecular complexity index is 2030. The molecule has 6 rings (SSSR count). The van der Waals surface area contributed by atoms with Crippen LogP contribution in [0, 0.1) is 6.92 Å². The van der Waals surface area contributed by atoms with E-state index in [1.54, 1.807) is 18.6 Å². The number of carbonyl (C=O) groups is 2. The Morgan fingerprint density at radius 2 is 1.82 bits per heavy atom. The van der Waals surface area contributed by atoms with Gasteiger partial charge in [0.1, 0.15) is 24.4 Å². The molecule has 4 aromatic rings. The van der Waals surface area contributed by atoms with Crippen molar-refractivity contribution in [2.75, 3.05) is 61.5 Å². The Morgan fingerprint density at radius 3 is 2.46 bits per heavy atom. The predicted octanol–water partition coefficient (Wildman–Crippen LogP) is 3.27. The molecule has 1 aromatic carbocycles. The number of benzene rings is 1. The summed E-state index contributed by atoms with van der Waals surface area (Å²) in [5.74, 6) is -0.933. The first kappa shape index (κ1) is 34.8. The second-order valence-corrected chi connectivity index (χ2v) is 12.3. The quantitative estimate of drug-likeness (QED) is 0.276.